The van der Waals surface area contributed by atoms with Gasteiger partial charge < -0.3 is 0 Å². The standard InChI is InChI=1S/C12H8N4O4S/c13-15-14-9-6-7-12(11(8-9)16(17)18)21(19,20)10-4-2-1-3-5-10/h1-8H. The molecule has 0 aliphatic heterocycles. The molecule has 0 unspecified atom stereocenters. The van der Waals surface area contributed by atoms with Crippen molar-refractivity contribution < 1.29 is 13.3 Å². The Balaban J connectivity index is 2.69. The molecule has 0 spiro atoms. The Labute approximate surface area is 119 Å². The average molecular weight is 304 g/mol. The van der Waals surface area contributed by atoms with E-state index in [9.17, 15) is 18.5 Å². The molecule has 0 amide bonds. The van der Waals surface area contributed by atoms with Crippen molar-refractivity contribution in [3.8, 4) is 0 Å². The average Bonchev–Trinajstić information content (AvgIpc) is 2.48. The van der Waals surface area contributed by atoms with Crippen LogP contribution in [0.25, 0.3) is 10.4 Å². The Morgan fingerprint density at radius 3 is 2.38 bits per heavy atom. The van der Waals surface area contributed by atoms with Crippen molar-refractivity contribution in [2.45, 2.75) is 9.79 Å². The molecular formula is C12H8N4O4S. The highest BCUT2D eigenvalue weighted by Crippen LogP contribution is 2.32. The molecule has 8 nitrogen and oxygen atoms in total. The molecule has 0 bridgehead atoms. The van der Waals surface area contributed by atoms with Gasteiger partial charge in [0.15, 0.2) is 0 Å². The fourth-order valence-electron chi connectivity index (χ4n) is 1.72. The van der Waals surface area contributed by atoms with Crippen LogP contribution in [-0.4, -0.2) is 13.3 Å². The van der Waals surface area contributed by atoms with Crippen molar-refractivity contribution in [3.05, 3.63) is 69.1 Å². The van der Waals surface area contributed by atoms with Crippen LogP contribution < -0.4 is 0 Å². The molecule has 0 saturated heterocycles. The van der Waals surface area contributed by atoms with Gasteiger partial charge in [-0.2, -0.15) is 0 Å². The number of sulfone groups is 1. The second-order valence-electron chi connectivity index (χ2n) is 3.92. The van der Waals surface area contributed by atoms with Crippen molar-refractivity contribution in [1.82, 2.24) is 0 Å². The fraction of sp³-hybridized carbons (Fsp3) is 0. The summed E-state index contributed by atoms with van der Waals surface area (Å²) >= 11 is 0. The molecule has 0 N–H and O–H groups in total. The van der Waals surface area contributed by atoms with Crippen LogP contribution in [0.2, 0.25) is 0 Å². The third-order valence-corrected chi connectivity index (χ3v) is 4.46. The number of benzene rings is 2. The lowest BCUT2D eigenvalue weighted by Crippen LogP contribution is -2.05. The summed E-state index contributed by atoms with van der Waals surface area (Å²) in [6, 6.07) is 10.6. The number of hydrogen-bond donors (Lipinski definition) is 0. The molecule has 0 heterocycles. The zero-order valence-corrected chi connectivity index (χ0v) is 11.3. The van der Waals surface area contributed by atoms with Crippen molar-refractivity contribution in [2.24, 2.45) is 5.11 Å². The molecule has 9 heteroatoms. The minimum Gasteiger partial charge on any atom is -0.258 e. The summed E-state index contributed by atoms with van der Waals surface area (Å²) in [7, 11) is -4.02. The Kier molecular flexibility index (Phi) is 3.88. The van der Waals surface area contributed by atoms with E-state index in [1.807, 2.05) is 0 Å². The summed E-state index contributed by atoms with van der Waals surface area (Å²) in [6.45, 7) is 0. The third kappa shape index (κ3) is 2.83. The van der Waals surface area contributed by atoms with Crippen molar-refractivity contribution >= 4 is 21.2 Å². The second kappa shape index (κ2) is 5.61. The van der Waals surface area contributed by atoms with Crippen LogP contribution in [0.1, 0.15) is 0 Å². The van der Waals surface area contributed by atoms with E-state index in [1.54, 1.807) is 6.07 Å². The normalized spacial score (nSPS) is 10.7. The van der Waals surface area contributed by atoms with E-state index in [-0.39, 0.29) is 10.6 Å². The topological polar surface area (TPSA) is 126 Å². The van der Waals surface area contributed by atoms with Crippen LogP contribution in [0.4, 0.5) is 11.4 Å². The molecule has 2 aromatic rings. The number of hydrogen-bond acceptors (Lipinski definition) is 5. The highest BCUT2D eigenvalue weighted by molar-refractivity contribution is 7.91. The Morgan fingerprint density at radius 1 is 1.14 bits per heavy atom. The van der Waals surface area contributed by atoms with Gasteiger partial charge in [-0.1, -0.05) is 29.4 Å². The molecular weight excluding hydrogens is 296 g/mol. The lowest BCUT2D eigenvalue weighted by Gasteiger charge is -2.05. The van der Waals surface area contributed by atoms with Crippen molar-refractivity contribution in [2.75, 3.05) is 0 Å². The van der Waals surface area contributed by atoms with Gasteiger partial charge in [0.05, 0.1) is 9.82 Å². The van der Waals surface area contributed by atoms with Crippen molar-refractivity contribution in [1.29, 1.82) is 0 Å². The lowest BCUT2D eigenvalue weighted by molar-refractivity contribution is -0.387. The number of azide groups is 1. The van der Waals surface area contributed by atoms with Gasteiger partial charge in [-0.15, -0.1) is 0 Å². The van der Waals surface area contributed by atoms with Gasteiger partial charge in [0, 0.05) is 16.7 Å². The van der Waals surface area contributed by atoms with Crippen LogP contribution >= 0.6 is 0 Å². The van der Waals surface area contributed by atoms with Gasteiger partial charge in [0.1, 0.15) is 4.90 Å². The largest absolute Gasteiger partial charge is 0.288 e. The molecule has 0 saturated carbocycles. The maximum Gasteiger partial charge on any atom is 0.288 e. The summed E-state index contributed by atoms with van der Waals surface area (Å²) in [5.74, 6) is 0. The predicted molar refractivity (Wildman–Crippen MR) is 73.8 cm³/mol. The molecule has 0 atom stereocenters. The van der Waals surface area contributed by atoms with Gasteiger partial charge in [-0.3, -0.25) is 10.1 Å². The van der Waals surface area contributed by atoms with E-state index >= 15 is 0 Å². The Hall–Kier alpha value is -2.90. The first kappa shape index (κ1) is 14.5. The summed E-state index contributed by atoms with van der Waals surface area (Å²) in [6.07, 6.45) is 0. The quantitative estimate of drug-likeness (QED) is 0.282. The zero-order chi connectivity index (χ0) is 15.5. The highest BCUT2D eigenvalue weighted by atomic mass is 32.2. The summed E-state index contributed by atoms with van der Waals surface area (Å²) in [4.78, 5) is 12.2. The SMILES string of the molecule is [N-]=[N+]=Nc1ccc(S(=O)(=O)c2ccccc2)c([N+](=O)[O-])c1. The molecule has 0 aromatic heterocycles. The molecule has 2 rings (SSSR count). The predicted octanol–water partition coefficient (Wildman–Crippen LogP) is 3.37. The molecule has 2 aromatic carbocycles. The maximum atomic E-state index is 12.4. The number of nitro groups is 1. The smallest absolute Gasteiger partial charge is 0.258 e. The second-order valence-corrected chi connectivity index (χ2v) is 5.83. The number of rotatable bonds is 4. The van der Waals surface area contributed by atoms with Gasteiger partial charge in [0.2, 0.25) is 9.84 Å². The van der Waals surface area contributed by atoms with Gasteiger partial charge in [-0.25, -0.2) is 8.42 Å². The molecule has 0 radical (unpaired) electrons. The number of nitro benzene ring substituents is 1. The van der Waals surface area contributed by atoms with Gasteiger partial charge in [0.25, 0.3) is 5.69 Å². The first-order valence-corrected chi connectivity index (χ1v) is 7.09. The molecule has 0 fully saturated rings. The maximum absolute atomic E-state index is 12.4. The molecule has 106 valence electrons. The molecule has 0 aliphatic carbocycles. The van der Waals surface area contributed by atoms with Crippen LogP contribution in [0.15, 0.2) is 63.4 Å². The molecule has 0 aliphatic rings. The number of nitrogens with zero attached hydrogens (tertiary/aromatic N) is 4. The van der Waals surface area contributed by atoms with Gasteiger partial charge >= 0.3 is 0 Å². The van der Waals surface area contributed by atoms with Crippen LogP contribution in [0, 0.1) is 10.1 Å². The van der Waals surface area contributed by atoms with Gasteiger partial charge in [-0.05, 0) is 23.7 Å². The van der Waals surface area contributed by atoms with Crippen LogP contribution in [0.3, 0.4) is 0 Å². The van der Waals surface area contributed by atoms with Crippen molar-refractivity contribution in [3.63, 3.8) is 0 Å². The van der Waals surface area contributed by atoms with E-state index in [0.29, 0.717) is 0 Å². The monoisotopic (exact) mass is 304 g/mol. The summed E-state index contributed by atoms with van der Waals surface area (Å²) < 4.78 is 24.8. The first-order chi connectivity index (χ1) is 9.96. The fourth-order valence-corrected chi connectivity index (χ4v) is 3.14. The van der Waals surface area contributed by atoms with E-state index in [1.165, 1.54) is 30.3 Å². The minimum absolute atomic E-state index is 0.0313. The lowest BCUT2D eigenvalue weighted by atomic mass is 10.3. The Bertz CT molecular complexity index is 843. The highest BCUT2D eigenvalue weighted by Gasteiger charge is 2.27. The summed E-state index contributed by atoms with van der Waals surface area (Å²) in [5.41, 5.74) is 7.66. The van der Waals surface area contributed by atoms with E-state index in [2.05, 4.69) is 10.0 Å². The minimum atomic E-state index is -4.02. The Morgan fingerprint density at radius 2 is 1.81 bits per heavy atom. The summed E-state index contributed by atoms with van der Waals surface area (Å²) in [5, 5.41) is 14.3. The third-order valence-electron chi connectivity index (χ3n) is 2.64. The van der Waals surface area contributed by atoms with Crippen LogP contribution in [-0.2, 0) is 9.84 Å². The molecule has 21 heavy (non-hydrogen) atoms. The van der Waals surface area contributed by atoms with E-state index < -0.39 is 25.3 Å². The van der Waals surface area contributed by atoms with E-state index in [4.69, 9.17) is 5.53 Å². The van der Waals surface area contributed by atoms with E-state index in [0.717, 1.165) is 12.1 Å². The first-order valence-electron chi connectivity index (χ1n) is 5.60. The zero-order valence-electron chi connectivity index (χ0n) is 10.4. The van der Waals surface area contributed by atoms with Crippen LogP contribution in [0.5, 0.6) is 0 Å².